The van der Waals surface area contributed by atoms with Crippen LogP contribution in [-0.4, -0.2) is 15.8 Å². The van der Waals surface area contributed by atoms with E-state index in [0.717, 1.165) is 5.56 Å². The topological polar surface area (TPSA) is 68.9 Å². The highest BCUT2D eigenvalue weighted by molar-refractivity contribution is 6.30. The van der Waals surface area contributed by atoms with Crippen LogP contribution in [0.1, 0.15) is 15.9 Å². The van der Waals surface area contributed by atoms with Crippen molar-refractivity contribution in [1.82, 2.24) is 9.97 Å². The molecule has 0 amide bonds. The number of fused-ring (bicyclic) bond motifs is 1. The van der Waals surface area contributed by atoms with Crippen LogP contribution in [0.25, 0.3) is 22.3 Å². The van der Waals surface area contributed by atoms with E-state index >= 15 is 0 Å². The van der Waals surface area contributed by atoms with Crippen LogP contribution in [0.4, 0.5) is 18.9 Å². The van der Waals surface area contributed by atoms with Crippen LogP contribution < -0.4 is 5.73 Å². The normalized spacial score (nSPS) is 10.7. The van der Waals surface area contributed by atoms with Gasteiger partial charge in [0.25, 0.3) is 0 Å². The van der Waals surface area contributed by atoms with Gasteiger partial charge in [0, 0.05) is 22.2 Å². The molecule has 1 heterocycles. The molecule has 0 radical (unpaired) electrons. The summed E-state index contributed by atoms with van der Waals surface area (Å²) in [6, 6.07) is 11.6. The Bertz CT molecular complexity index is 1250. The number of rotatable bonds is 3. The van der Waals surface area contributed by atoms with E-state index < -0.39 is 34.5 Å². The molecule has 0 unspecified atom stereocenters. The van der Waals surface area contributed by atoms with Gasteiger partial charge in [-0.25, -0.2) is 18.2 Å². The second-order valence-electron chi connectivity index (χ2n) is 6.25. The quantitative estimate of drug-likeness (QED) is 0.251. The smallest absolute Gasteiger partial charge is 0.199 e. The average Bonchev–Trinajstić information content (AvgIpc) is 2.72. The number of aromatic nitrogens is 2. The highest BCUT2D eigenvalue weighted by Crippen LogP contribution is 2.26. The van der Waals surface area contributed by atoms with Gasteiger partial charge in [-0.05, 0) is 30.3 Å². The Labute approximate surface area is 179 Å². The maximum absolute atomic E-state index is 14.2. The monoisotopic (exact) mass is 449 g/mol. The summed E-state index contributed by atoms with van der Waals surface area (Å²) in [5, 5.41) is 0.564. The van der Waals surface area contributed by atoms with Gasteiger partial charge in [-0.3, -0.25) is 9.78 Å². The first-order valence-corrected chi connectivity index (χ1v) is 8.73. The number of ketones is 1. The minimum absolute atomic E-state index is 0. The fraction of sp³-hybridized carbons (Fsp3) is 0. The van der Waals surface area contributed by atoms with Gasteiger partial charge in [-0.2, -0.15) is 0 Å². The Morgan fingerprint density at radius 2 is 1.63 bits per heavy atom. The summed E-state index contributed by atoms with van der Waals surface area (Å²) < 4.78 is 41.9. The number of carbonyl (C=O) groups excluding carboxylic acids is 1. The van der Waals surface area contributed by atoms with Gasteiger partial charge in [0.05, 0.1) is 34.2 Å². The Kier molecular flexibility index (Phi) is 5.96. The summed E-state index contributed by atoms with van der Waals surface area (Å²) >= 11 is 5.89. The van der Waals surface area contributed by atoms with Crippen molar-refractivity contribution < 1.29 is 18.0 Å². The molecule has 0 saturated carbocycles. The molecule has 30 heavy (non-hydrogen) atoms. The van der Waals surface area contributed by atoms with Crippen molar-refractivity contribution in [1.29, 1.82) is 0 Å². The Morgan fingerprint density at radius 1 is 0.933 bits per heavy atom. The molecule has 152 valence electrons. The lowest BCUT2D eigenvalue weighted by Gasteiger charge is -2.09. The number of halogens is 5. The number of carbonyl (C=O) groups is 1. The van der Waals surface area contributed by atoms with E-state index in [1.54, 1.807) is 30.5 Å². The zero-order valence-corrected chi connectivity index (χ0v) is 16.6. The first kappa shape index (κ1) is 21.5. The second kappa shape index (κ2) is 8.30. The molecule has 0 saturated heterocycles. The molecule has 2 N–H and O–H groups in total. The summed E-state index contributed by atoms with van der Waals surface area (Å²) in [5.41, 5.74) is 5.60. The predicted molar refractivity (Wildman–Crippen MR) is 111 cm³/mol. The molecule has 0 bridgehead atoms. The highest BCUT2D eigenvalue weighted by atomic mass is 35.5. The van der Waals surface area contributed by atoms with E-state index in [2.05, 4.69) is 9.97 Å². The maximum atomic E-state index is 14.2. The van der Waals surface area contributed by atoms with E-state index in [0.29, 0.717) is 27.8 Å². The number of nitrogen functional groups attached to an aromatic ring is 1. The van der Waals surface area contributed by atoms with E-state index in [9.17, 15) is 18.0 Å². The van der Waals surface area contributed by atoms with Crippen LogP contribution in [0.5, 0.6) is 0 Å². The molecule has 0 fully saturated rings. The summed E-state index contributed by atoms with van der Waals surface area (Å²) in [5.74, 6) is -5.36. The number of nitrogens with two attached hydrogens (primary N) is 1. The van der Waals surface area contributed by atoms with E-state index in [1.807, 2.05) is 0 Å². The van der Waals surface area contributed by atoms with Crippen molar-refractivity contribution >= 4 is 46.5 Å². The number of nitrogens with zero attached hydrogens (tertiary/aromatic N) is 2. The molecule has 0 aliphatic carbocycles. The molecule has 0 atom stereocenters. The minimum atomic E-state index is -1.59. The fourth-order valence-electron chi connectivity index (χ4n) is 2.88. The average molecular weight is 450 g/mol. The standard InChI is InChI=1S/C21H11ClF3N3O.ClH/c22-12-4-1-10(2-5-12)17-9-27-15-6-3-11(7-16(15)28-17)21(29)18-19(24)13(23)8-14(26)20(18)25;/h1-9H,26H2;1H. The van der Waals surface area contributed by atoms with Gasteiger partial charge in [0.15, 0.2) is 23.2 Å². The van der Waals surface area contributed by atoms with Crippen LogP contribution in [0.3, 0.4) is 0 Å². The van der Waals surface area contributed by atoms with Crippen LogP contribution in [0.15, 0.2) is 54.7 Å². The lowest BCUT2D eigenvalue weighted by molar-refractivity contribution is 0.103. The first-order valence-electron chi connectivity index (χ1n) is 8.35. The van der Waals surface area contributed by atoms with Gasteiger partial charge >= 0.3 is 0 Å². The summed E-state index contributed by atoms with van der Waals surface area (Å²) in [4.78, 5) is 21.4. The molecular weight excluding hydrogens is 438 g/mol. The lowest BCUT2D eigenvalue weighted by atomic mass is 10.0. The Balaban J connectivity index is 0.00000256. The second-order valence-corrected chi connectivity index (χ2v) is 6.68. The van der Waals surface area contributed by atoms with Crippen molar-refractivity contribution in [3.8, 4) is 11.3 Å². The Hall–Kier alpha value is -3.16. The molecule has 4 aromatic rings. The molecule has 3 aromatic carbocycles. The molecule has 1 aromatic heterocycles. The van der Waals surface area contributed by atoms with Gasteiger partial charge in [-0.1, -0.05) is 23.7 Å². The van der Waals surface area contributed by atoms with Gasteiger partial charge < -0.3 is 5.73 Å². The lowest BCUT2D eigenvalue weighted by Crippen LogP contribution is -2.11. The van der Waals surface area contributed by atoms with Gasteiger partial charge in [-0.15, -0.1) is 12.4 Å². The molecule has 4 rings (SSSR count). The summed E-state index contributed by atoms with van der Waals surface area (Å²) in [6.07, 6.45) is 1.56. The van der Waals surface area contributed by atoms with Crippen LogP contribution in [0, 0.1) is 17.5 Å². The van der Waals surface area contributed by atoms with E-state index in [1.165, 1.54) is 18.2 Å². The SMILES string of the molecule is Cl.Nc1cc(F)c(F)c(C(=O)c2ccc3ncc(-c4ccc(Cl)cc4)nc3c2)c1F. The van der Waals surface area contributed by atoms with Crippen molar-refractivity contribution in [3.05, 3.63) is 88.3 Å². The highest BCUT2D eigenvalue weighted by Gasteiger charge is 2.25. The third-order valence-electron chi connectivity index (χ3n) is 4.36. The number of hydrogen-bond acceptors (Lipinski definition) is 4. The number of benzene rings is 3. The fourth-order valence-corrected chi connectivity index (χ4v) is 3.01. The summed E-state index contributed by atoms with van der Waals surface area (Å²) in [7, 11) is 0. The van der Waals surface area contributed by atoms with E-state index in [4.69, 9.17) is 17.3 Å². The molecule has 4 nitrogen and oxygen atoms in total. The van der Waals surface area contributed by atoms with Crippen molar-refractivity contribution in [3.63, 3.8) is 0 Å². The van der Waals surface area contributed by atoms with Crippen LogP contribution in [0.2, 0.25) is 5.02 Å². The van der Waals surface area contributed by atoms with E-state index in [-0.39, 0.29) is 18.0 Å². The largest absolute Gasteiger partial charge is 0.396 e. The van der Waals surface area contributed by atoms with Crippen LogP contribution >= 0.6 is 24.0 Å². The molecular formula is C21H12Cl2F3N3O. The van der Waals surface area contributed by atoms with Crippen molar-refractivity contribution in [2.45, 2.75) is 0 Å². The third-order valence-corrected chi connectivity index (χ3v) is 4.61. The van der Waals surface area contributed by atoms with Gasteiger partial charge in [0.2, 0.25) is 0 Å². The maximum Gasteiger partial charge on any atom is 0.199 e. The minimum Gasteiger partial charge on any atom is -0.396 e. The predicted octanol–water partition coefficient (Wildman–Crippen LogP) is 5.60. The first-order chi connectivity index (χ1) is 13.8. The number of hydrogen-bond donors (Lipinski definition) is 1. The zero-order chi connectivity index (χ0) is 20.7. The molecule has 0 aliphatic rings. The third kappa shape index (κ3) is 3.81. The van der Waals surface area contributed by atoms with Crippen molar-refractivity contribution in [2.24, 2.45) is 0 Å². The zero-order valence-electron chi connectivity index (χ0n) is 15.0. The number of anilines is 1. The van der Waals surface area contributed by atoms with Crippen molar-refractivity contribution in [2.75, 3.05) is 5.73 Å². The molecule has 9 heteroatoms. The Morgan fingerprint density at radius 3 is 2.33 bits per heavy atom. The van der Waals surface area contributed by atoms with Gasteiger partial charge in [0.1, 0.15) is 0 Å². The molecule has 0 aliphatic heterocycles. The molecule has 0 spiro atoms. The summed E-state index contributed by atoms with van der Waals surface area (Å²) in [6.45, 7) is 0. The van der Waals surface area contributed by atoms with Crippen LogP contribution in [-0.2, 0) is 0 Å².